The number of hydrogen-bond acceptors (Lipinski definition) is 13. The van der Waals surface area contributed by atoms with Crippen LogP contribution in [0.4, 0.5) is 21.5 Å². The molecule has 5 aromatic rings. The Balaban J connectivity index is 0.883. The number of likely N-dealkylation sites (tertiary alicyclic amines) is 1. The lowest BCUT2D eigenvalue weighted by molar-refractivity contribution is -0.384. The number of pyridine rings is 1. The van der Waals surface area contributed by atoms with Gasteiger partial charge in [0.1, 0.15) is 29.0 Å². The van der Waals surface area contributed by atoms with Crippen LogP contribution in [0.1, 0.15) is 112 Å². The van der Waals surface area contributed by atoms with E-state index in [1.54, 1.807) is 19.1 Å². The molecule has 10 rings (SSSR count). The van der Waals surface area contributed by atoms with E-state index in [2.05, 4.69) is 67.9 Å². The van der Waals surface area contributed by atoms with Crippen LogP contribution < -0.4 is 24.4 Å². The van der Waals surface area contributed by atoms with Gasteiger partial charge in [-0.15, -0.1) is 0 Å². The van der Waals surface area contributed by atoms with Crippen LogP contribution in [-0.4, -0.2) is 103 Å². The summed E-state index contributed by atoms with van der Waals surface area (Å²) in [6.45, 7) is 11.0. The van der Waals surface area contributed by atoms with Gasteiger partial charge in [0.25, 0.3) is 27.5 Å². The van der Waals surface area contributed by atoms with Gasteiger partial charge in [-0.25, -0.2) is 17.5 Å². The maximum atomic E-state index is 15.0. The number of nitro benzene ring substituents is 1. The highest BCUT2D eigenvalue weighted by molar-refractivity contribution is 7.90. The molecule has 3 saturated heterocycles. The molecule has 1 amide bonds. The molecule has 5 heterocycles. The molecular formula is C52H62FN7O9S. The second-order valence-corrected chi connectivity index (χ2v) is 22.5. The Morgan fingerprint density at radius 3 is 2.49 bits per heavy atom. The number of amides is 1. The number of H-pyrrole nitrogens is 1. The van der Waals surface area contributed by atoms with Crippen molar-refractivity contribution in [3.05, 3.63) is 106 Å². The summed E-state index contributed by atoms with van der Waals surface area (Å²) >= 11 is 0. The number of rotatable bonds is 15. The molecule has 1 spiro atoms. The zero-order valence-corrected chi connectivity index (χ0v) is 40.7. The molecule has 0 radical (unpaired) electrons. The normalized spacial score (nSPS) is 23.8. The van der Waals surface area contributed by atoms with E-state index in [9.17, 15) is 28.4 Å². The van der Waals surface area contributed by atoms with E-state index >= 15 is 4.39 Å². The van der Waals surface area contributed by atoms with Crippen LogP contribution in [0.3, 0.4) is 0 Å². The number of nitrogens with one attached hydrogen (secondary N) is 3. The quantitative estimate of drug-likeness (QED) is 0.0573. The lowest BCUT2D eigenvalue weighted by atomic mass is 9.70. The second kappa shape index (κ2) is 19.1. The van der Waals surface area contributed by atoms with Crippen molar-refractivity contribution in [2.75, 3.05) is 56.2 Å². The summed E-state index contributed by atoms with van der Waals surface area (Å²) in [6.07, 6.45) is 9.13. The Kier molecular flexibility index (Phi) is 13.0. The van der Waals surface area contributed by atoms with Crippen LogP contribution in [0.5, 0.6) is 17.4 Å². The number of anilines is 2. The Morgan fingerprint density at radius 1 is 1.01 bits per heavy atom. The fourth-order valence-electron chi connectivity index (χ4n) is 11.4. The minimum atomic E-state index is -4.68. The molecule has 372 valence electrons. The highest BCUT2D eigenvalue weighted by Gasteiger charge is 2.49. The number of carbonyl (C=O) groups is 1. The first-order chi connectivity index (χ1) is 33.5. The van der Waals surface area contributed by atoms with Gasteiger partial charge >= 0.3 is 0 Å². The van der Waals surface area contributed by atoms with Crippen LogP contribution in [0.25, 0.3) is 11.0 Å². The molecule has 2 atom stereocenters. The SMILES string of the molecule is CC(C)c1ccccc1[C@H]1CCC[C@H]1N1CC2(CCN(c3ccc(C(=O)NS(=O)(=O)c4ccc(NCC5CCC(C)(O)CC5)c([N+](=O)[O-])c4)c(Oc4cc5c(F)c[nH]c5nc4OC4COC4)c3)CC2)C1. The van der Waals surface area contributed by atoms with E-state index < -0.39 is 42.9 Å². The first-order valence-electron chi connectivity index (χ1n) is 24.7. The number of aliphatic hydroxyl groups is 1. The van der Waals surface area contributed by atoms with Crippen molar-refractivity contribution in [1.29, 1.82) is 0 Å². The highest BCUT2D eigenvalue weighted by Crippen LogP contribution is 2.49. The summed E-state index contributed by atoms with van der Waals surface area (Å²) in [4.78, 5) is 37.6. The van der Waals surface area contributed by atoms with E-state index in [1.807, 2.05) is 0 Å². The number of halogens is 1. The number of ether oxygens (including phenoxy) is 3. The van der Waals surface area contributed by atoms with Crippen LogP contribution in [-0.2, 0) is 14.8 Å². The number of aromatic nitrogens is 2. The van der Waals surface area contributed by atoms with Gasteiger partial charge in [-0.3, -0.25) is 19.8 Å². The molecule has 2 aliphatic carbocycles. The highest BCUT2D eigenvalue weighted by atomic mass is 32.2. The molecule has 2 aromatic heterocycles. The maximum Gasteiger partial charge on any atom is 0.293 e. The number of aromatic amines is 1. The van der Waals surface area contributed by atoms with Gasteiger partial charge in [0.15, 0.2) is 5.75 Å². The third-order valence-corrected chi connectivity index (χ3v) is 16.9. The van der Waals surface area contributed by atoms with E-state index in [1.165, 1.54) is 60.9 Å². The monoisotopic (exact) mass is 979 g/mol. The first kappa shape index (κ1) is 47.8. The molecular weight excluding hydrogens is 918 g/mol. The zero-order chi connectivity index (χ0) is 49.0. The summed E-state index contributed by atoms with van der Waals surface area (Å²) in [5.74, 6) is -0.454. The number of carbonyl (C=O) groups excluding carboxylic acids is 1. The van der Waals surface area contributed by atoms with Crippen molar-refractivity contribution >= 4 is 44.0 Å². The number of hydrogen-bond donors (Lipinski definition) is 4. The molecule has 5 aliphatic rings. The first-order valence-corrected chi connectivity index (χ1v) is 26.2. The number of fused-ring (bicyclic) bond motifs is 1. The third kappa shape index (κ3) is 9.79. The number of nitro groups is 1. The van der Waals surface area contributed by atoms with Crippen molar-refractivity contribution in [2.45, 2.75) is 113 Å². The summed E-state index contributed by atoms with van der Waals surface area (Å²) in [6, 6.07) is 19.3. The van der Waals surface area contributed by atoms with Crippen LogP contribution >= 0.6 is 0 Å². The summed E-state index contributed by atoms with van der Waals surface area (Å²) in [5.41, 5.74) is 2.90. The molecule has 4 N–H and O–H groups in total. The van der Waals surface area contributed by atoms with Gasteiger partial charge in [-0.05, 0) is 117 Å². The minimum absolute atomic E-state index is 0.00216. The largest absolute Gasteiger partial charge is 0.467 e. The summed E-state index contributed by atoms with van der Waals surface area (Å²) in [7, 11) is -4.68. The smallest absolute Gasteiger partial charge is 0.293 e. The van der Waals surface area contributed by atoms with Crippen LogP contribution in [0, 0.1) is 27.3 Å². The lowest BCUT2D eigenvalue weighted by Gasteiger charge is -2.57. The van der Waals surface area contributed by atoms with E-state index in [4.69, 9.17) is 14.2 Å². The Hall–Kier alpha value is -5.82. The molecule has 2 saturated carbocycles. The van der Waals surface area contributed by atoms with Gasteiger partial charge < -0.3 is 34.5 Å². The number of benzene rings is 3. The molecule has 3 aromatic carbocycles. The Labute approximate surface area is 407 Å². The third-order valence-electron chi connectivity index (χ3n) is 15.6. The van der Waals surface area contributed by atoms with E-state index in [0.29, 0.717) is 50.5 Å². The van der Waals surface area contributed by atoms with Crippen LogP contribution in [0.15, 0.2) is 77.8 Å². The second-order valence-electron chi connectivity index (χ2n) is 20.9. The predicted octanol–water partition coefficient (Wildman–Crippen LogP) is 9.01. The van der Waals surface area contributed by atoms with Crippen molar-refractivity contribution in [2.24, 2.45) is 11.3 Å². The molecule has 5 fully saturated rings. The van der Waals surface area contributed by atoms with E-state index in [-0.39, 0.29) is 57.1 Å². The fraction of sp³-hybridized carbons (Fsp3) is 0.500. The topological polar surface area (TPSA) is 201 Å². The average Bonchev–Trinajstić information content (AvgIpc) is 3.95. The molecule has 18 heteroatoms. The van der Waals surface area contributed by atoms with Crippen molar-refractivity contribution < 1.29 is 41.8 Å². The minimum Gasteiger partial charge on any atom is -0.467 e. The molecule has 3 aliphatic heterocycles. The average molecular weight is 980 g/mol. The van der Waals surface area contributed by atoms with Gasteiger partial charge in [0, 0.05) is 68.8 Å². The van der Waals surface area contributed by atoms with E-state index in [0.717, 1.165) is 63.6 Å². The zero-order valence-electron chi connectivity index (χ0n) is 39.9. The summed E-state index contributed by atoms with van der Waals surface area (Å²) < 4.78 is 62.9. The van der Waals surface area contributed by atoms with Crippen molar-refractivity contribution in [1.82, 2.24) is 19.6 Å². The molecule has 16 nitrogen and oxygen atoms in total. The molecule has 70 heavy (non-hydrogen) atoms. The maximum absolute atomic E-state index is 15.0. The Bertz CT molecular complexity index is 2880. The molecule has 0 unspecified atom stereocenters. The summed E-state index contributed by atoms with van der Waals surface area (Å²) in [5, 5.41) is 25.8. The number of sulfonamides is 1. The Morgan fingerprint density at radius 2 is 1.77 bits per heavy atom. The van der Waals surface area contributed by atoms with Gasteiger partial charge in [-0.1, -0.05) is 44.5 Å². The predicted molar refractivity (Wildman–Crippen MR) is 263 cm³/mol. The van der Waals surface area contributed by atoms with Crippen molar-refractivity contribution in [3.8, 4) is 17.4 Å². The van der Waals surface area contributed by atoms with Gasteiger partial charge in [-0.2, -0.15) is 4.98 Å². The number of piperidine rings is 1. The standard InChI is InChI=1S/C52H62FN7O9S/c1-32(2)37-7-4-5-8-38(37)39-9-6-10-44(39)59-30-52(31-59)19-21-58(22-20-52)34-11-13-40(46(23-34)69-47-25-41-42(53)27-55-48(41)56-50(47)68-35-28-67-29-35)49(61)57-70(65,66)36-12-14-43(45(24-36)60(63)64)54-26-33-15-17-51(3,62)18-16-33/h4-5,7-8,11-14,23-25,27,32-33,35,39,44,54,62H,6,9-10,15-22,26,28-31H2,1-3H3,(H,55,56)(H,57,61)/t33?,39-,44-,51?/m1/s1. The van der Waals surface area contributed by atoms with Gasteiger partial charge in [0.05, 0.1) is 39.6 Å². The lowest BCUT2D eigenvalue weighted by Crippen LogP contribution is -2.63. The van der Waals surface area contributed by atoms with Gasteiger partial charge in [0.2, 0.25) is 0 Å². The number of nitrogens with zero attached hydrogens (tertiary/aromatic N) is 4. The van der Waals surface area contributed by atoms with Crippen molar-refractivity contribution in [3.63, 3.8) is 0 Å². The fourth-order valence-corrected chi connectivity index (χ4v) is 12.4. The molecule has 0 bridgehead atoms. The van der Waals surface area contributed by atoms with Crippen LogP contribution in [0.2, 0.25) is 0 Å².